The minimum Gasteiger partial charge on any atom is -0.304 e. The summed E-state index contributed by atoms with van der Waals surface area (Å²) < 4.78 is 4.09. The fraction of sp³-hybridized carbons (Fsp3) is 0.571. The molecule has 0 unspecified atom stereocenters. The van der Waals surface area contributed by atoms with Crippen molar-refractivity contribution in [2.75, 3.05) is 14.1 Å². The zero-order chi connectivity index (χ0) is 7.56. The normalized spacial score (nSPS) is 10.8. The maximum atomic E-state index is 4.09. The van der Waals surface area contributed by atoms with Crippen LogP contribution in [0.2, 0.25) is 0 Å². The second kappa shape index (κ2) is 3.12. The molecule has 0 spiro atoms. The number of hydrogen-bond acceptors (Lipinski definition) is 3. The van der Waals surface area contributed by atoms with Gasteiger partial charge in [0.25, 0.3) is 0 Å². The van der Waals surface area contributed by atoms with E-state index in [2.05, 4.69) is 30.3 Å². The average molecular weight is 156 g/mol. The van der Waals surface area contributed by atoms with Gasteiger partial charge in [0.1, 0.15) is 0 Å². The van der Waals surface area contributed by atoms with E-state index in [-0.39, 0.29) is 0 Å². The monoisotopic (exact) mass is 156 g/mol. The summed E-state index contributed by atoms with van der Waals surface area (Å²) in [6, 6.07) is 0. The molecule has 0 fully saturated rings. The molecule has 0 N–H and O–H groups in total. The van der Waals surface area contributed by atoms with Gasteiger partial charge in [-0.15, -0.1) is 0 Å². The zero-order valence-corrected chi connectivity index (χ0v) is 7.40. The molecule has 56 valence electrons. The van der Waals surface area contributed by atoms with Crippen molar-refractivity contribution in [3.63, 3.8) is 0 Å². The van der Waals surface area contributed by atoms with Crippen molar-refractivity contribution in [1.29, 1.82) is 0 Å². The zero-order valence-electron chi connectivity index (χ0n) is 6.59. The highest BCUT2D eigenvalue weighted by Gasteiger charge is 2.00. The van der Waals surface area contributed by atoms with Gasteiger partial charge in [0.15, 0.2) is 0 Å². The molecule has 0 radical (unpaired) electrons. The highest BCUT2D eigenvalue weighted by Crippen LogP contribution is 2.12. The molecule has 0 saturated carbocycles. The summed E-state index contributed by atoms with van der Waals surface area (Å²) in [5.74, 6) is 0. The van der Waals surface area contributed by atoms with Gasteiger partial charge in [-0.3, -0.25) is 0 Å². The van der Waals surface area contributed by atoms with Gasteiger partial charge < -0.3 is 4.90 Å². The molecule has 1 aromatic rings. The molecule has 0 aliphatic rings. The largest absolute Gasteiger partial charge is 0.304 e. The Labute approximate surface area is 65.7 Å². The first-order valence-corrected chi connectivity index (χ1v) is 4.02. The van der Waals surface area contributed by atoms with Crippen LogP contribution in [-0.4, -0.2) is 23.4 Å². The Bertz CT molecular complexity index is 205. The van der Waals surface area contributed by atoms with Gasteiger partial charge in [-0.1, -0.05) is 0 Å². The molecule has 3 heteroatoms. The van der Waals surface area contributed by atoms with Gasteiger partial charge in [-0.25, -0.2) is 4.37 Å². The second-order valence-corrected chi connectivity index (χ2v) is 3.56. The molecule has 0 amide bonds. The lowest BCUT2D eigenvalue weighted by molar-refractivity contribution is 0.405. The predicted molar refractivity (Wildman–Crippen MR) is 44.2 cm³/mol. The molecule has 1 aromatic heterocycles. The first-order valence-electron chi connectivity index (χ1n) is 3.25. The standard InChI is InChI=1S/C7H12N2S/c1-6-4-8-10-7(6)5-9(2)3/h4H,5H2,1-3H3. The Kier molecular flexibility index (Phi) is 2.40. The van der Waals surface area contributed by atoms with Gasteiger partial charge in [0, 0.05) is 17.6 Å². The Balaban J connectivity index is 2.65. The van der Waals surface area contributed by atoms with Crippen LogP contribution in [0, 0.1) is 6.92 Å². The van der Waals surface area contributed by atoms with Crippen molar-refractivity contribution in [3.05, 3.63) is 16.6 Å². The lowest BCUT2D eigenvalue weighted by atomic mass is 10.3. The van der Waals surface area contributed by atoms with Crippen LogP contribution in [0.3, 0.4) is 0 Å². The molecular weight excluding hydrogens is 144 g/mol. The van der Waals surface area contributed by atoms with Gasteiger partial charge in [-0.2, -0.15) is 0 Å². The lowest BCUT2D eigenvalue weighted by Crippen LogP contribution is -2.09. The molecule has 2 nitrogen and oxygen atoms in total. The molecule has 1 heterocycles. The van der Waals surface area contributed by atoms with E-state index in [4.69, 9.17) is 0 Å². The van der Waals surface area contributed by atoms with Crippen molar-refractivity contribution in [2.24, 2.45) is 0 Å². The molecule has 0 saturated heterocycles. The number of rotatable bonds is 2. The number of aromatic nitrogens is 1. The van der Waals surface area contributed by atoms with Crippen molar-refractivity contribution < 1.29 is 0 Å². The summed E-state index contributed by atoms with van der Waals surface area (Å²) in [6.45, 7) is 3.11. The quantitative estimate of drug-likeness (QED) is 0.645. The lowest BCUT2D eigenvalue weighted by Gasteiger charge is -2.06. The molecule has 0 bridgehead atoms. The van der Waals surface area contributed by atoms with Crippen LogP contribution in [0.25, 0.3) is 0 Å². The van der Waals surface area contributed by atoms with Crippen LogP contribution in [0.1, 0.15) is 10.4 Å². The minimum absolute atomic E-state index is 1.01. The summed E-state index contributed by atoms with van der Waals surface area (Å²) in [5, 5.41) is 0. The SMILES string of the molecule is Cc1cnsc1CN(C)C. The number of aryl methyl sites for hydroxylation is 1. The van der Waals surface area contributed by atoms with Gasteiger partial charge in [-0.05, 0) is 38.1 Å². The van der Waals surface area contributed by atoms with E-state index in [0.29, 0.717) is 0 Å². The van der Waals surface area contributed by atoms with Crippen LogP contribution >= 0.6 is 11.5 Å². The fourth-order valence-corrected chi connectivity index (χ4v) is 1.60. The van der Waals surface area contributed by atoms with Crippen LogP contribution in [0.4, 0.5) is 0 Å². The minimum atomic E-state index is 1.01. The topological polar surface area (TPSA) is 16.1 Å². The van der Waals surface area contributed by atoms with E-state index in [9.17, 15) is 0 Å². The smallest absolute Gasteiger partial charge is 0.0439 e. The van der Waals surface area contributed by atoms with E-state index >= 15 is 0 Å². The summed E-state index contributed by atoms with van der Waals surface area (Å²) in [7, 11) is 4.14. The summed E-state index contributed by atoms with van der Waals surface area (Å²) in [6.07, 6.45) is 1.92. The van der Waals surface area contributed by atoms with Gasteiger partial charge >= 0.3 is 0 Å². The van der Waals surface area contributed by atoms with Gasteiger partial charge in [0.2, 0.25) is 0 Å². The maximum Gasteiger partial charge on any atom is 0.0439 e. The highest BCUT2D eigenvalue weighted by atomic mass is 32.1. The van der Waals surface area contributed by atoms with Crippen LogP contribution in [-0.2, 0) is 6.54 Å². The van der Waals surface area contributed by atoms with E-state index in [0.717, 1.165) is 6.54 Å². The van der Waals surface area contributed by atoms with Crippen LogP contribution < -0.4 is 0 Å². The molecule has 0 atom stereocenters. The summed E-state index contributed by atoms with van der Waals surface area (Å²) >= 11 is 1.59. The molecule has 0 aliphatic carbocycles. The third-order valence-corrected chi connectivity index (χ3v) is 2.19. The van der Waals surface area contributed by atoms with Crippen LogP contribution in [0.15, 0.2) is 6.20 Å². The maximum absolute atomic E-state index is 4.09. The second-order valence-electron chi connectivity index (χ2n) is 2.67. The van der Waals surface area contributed by atoms with Crippen molar-refractivity contribution >= 4 is 11.5 Å². The van der Waals surface area contributed by atoms with E-state index in [1.54, 1.807) is 11.5 Å². The third-order valence-electron chi connectivity index (χ3n) is 1.31. The van der Waals surface area contributed by atoms with E-state index in [1.807, 2.05) is 6.20 Å². The van der Waals surface area contributed by atoms with Gasteiger partial charge in [0.05, 0.1) is 0 Å². The average Bonchev–Trinajstić information content (AvgIpc) is 2.15. The predicted octanol–water partition coefficient (Wildman–Crippen LogP) is 1.51. The van der Waals surface area contributed by atoms with Crippen LogP contribution in [0.5, 0.6) is 0 Å². The van der Waals surface area contributed by atoms with Crippen molar-refractivity contribution in [2.45, 2.75) is 13.5 Å². The Hall–Kier alpha value is -0.410. The number of hydrogen-bond donors (Lipinski definition) is 0. The van der Waals surface area contributed by atoms with E-state index < -0.39 is 0 Å². The summed E-state index contributed by atoms with van der Waals surface area (Å²) in [4.78, 5) is 3.52. The summed E-state index contributed by atoms with van der Waals surface area (Å²) in [5.41, 5.74) is 1.30. The van der Waals surface area contributed by atoms with Crippen molar-refractivity contribution in [1.82, 2.24) is 9.27 Å². The molecular formula is C7H12N2S. The van der Waals surface area contributed by atoms with Crippen molar-refractivity contribution in [3.8, 4) is 0 Å². The Morgan fingerprint density at radius 3 is 2.70 bits per heavy atom. The Morgan fingerprint density at radius 2 is 2.30 bits per heavy atom. The molecule has 0 aromatic carbocycles. The fourth-order valence-electron chi connectivity index (χ4n) is 0.754. The van der Waals surface area contributed by atoms with E-state index in [1.165, 1.54) is 10.4 Å². The third kappa shape index (κ3) is 1.78. The highest BCUT2D eigenvalue weighted by molar-refractivity contribution is 7.05. The first kappa shape index (κ1) is 7.69. The Morgan fingerprint density at radius 1 is 1.60 bits per heavy atom. The molecule has 1 rings (SSSR count). The first-order chi connectivity index (χ1) is 4.70. The number of nitrogens with zero attached hydrogens (tertiary/aromatic N) is 2. The molecule has 0 aliphatic heterocycles. The molecule has 10 heavy (non-hydrogen) atoms.